The highest BCUT2D eigenvalue weighted by atomic mass is 16.1. The summed E-state index contributed by atoms with van der Waals surface area (Å²) in [4.78, 5) is 17.1. The van der Waals surface area contributed by atoms with Crippen LogP contribution >= 0.6 is 0 Å². The first kappa shape index (κ1) is 14.8. The number of carbonyl (C=O) groups excluding carboxylic acids is 1. The highest BCUT2D eigenvalue weighted by Gasteiger charge is 1.98. The third-order valence-corrected chi connectivity index (χ3v) is 3.57. The molecule has 3 aromatic rings. The second-order valence-electron chi connectivity index (χ2n) is 5.45. The number of hydrogen-bond donors (Lipinski definition) is 0. The fourth-order valence-corrected chi connectivity index (χ4v) is 2.27. The monoisotopic (exact) mass is 300 g/mol. The summed E-state index contributed by atoms with van der Waals surface area (Å²) in [5.41, 5.74) is 4.30. The number of hydrogen-bond acceptors (Lipinski definition) is 3. The van der Waals surface area contributed by atoms with Crippen LogP contribution in [0.2, 0.25) is 0 Å². The van der Waals surface area contributed by atoms with Gasteiger partial charge in [-0.15, -0.1) is 0 Å². The maximum absolute atomic E-state index is 10.8. The summed E-state index contributed by atoms with van der Waals surface area (Å²) in [6, 6.07) is 17.5. The molecule has 1 aromatic heterocycles. The van der Waals surface area contributed by atoms with Gasteiger partial charge in [0.25, 0.3) is 0 Å². The first-order valence-corrected chi connectivity index (χ1v) is 7.31. The van der Waals surface area contributed by atoms with Gasteiger partial charge in [-0.05, 0) is 48.5 Å². The zero-order chi connectivity index (χ0) is 16.2. The van der Waals surface area contributed by atoms with Gasteiger partial charge in [-0.1, -0.05) is 17.9 Å². The molecule has 23 heavy (non-hydrogen) atoms. The highest BCUT2D eigenvalue weighted by Crippen LogP contribution is 2.15. The lowest BCUT2D eigenvalue weighted by molar-refractivity contribution is 0.111. The first-order chi connectivity index (χ1) is 11.2. The largest absolute Gasteiger partial charge is 0.378 e. The molecule has 0 atom stereocenters. The highest BCUT2D eigenvalue weighted by molar-refractivity contribution is 5.84. The van der Waals surface area contributed by atoms with Crippen molar-refractivity contribution >= 4 is 22.9 Å². The quantitative estimate of drug-likeness (QED) is 0.536. The Balaban J connectivity index is 1.88. The van der Waals surface area contributed by atoms with Gasteiger partial charge in [0.15, 0.2) is 6.29 Å². The van der Waals surface area contributed by atoms with Gasteiger partial charge < -0.3 is 4.90 Å². The lowest BCUT2D eigenvalue weighted by Gasteiger charge is -2.11. The predicted octanol–water partition coefficient (Wildman–Crippen LogP) is 3.51. The minimum absolute atomic E-state index is 0.442. The van der Waals surface area contributed by atoms with Crippen LogP contribution in [-0.4, -0.2) is 25.4 Å². The Morgan fingerprint density at radius 2 is 1.61 bits per heavy atom. The average Bonchev–Trinajstić information content (AvgIpc) is 2.59. The lowest BCUT2D eigenvalue weighted by Crippen LogP contribution is -2.07. The molecule has 0 saturated carbocycles. The summed E-state index contributed by atoms with van der Waals surface area (Å²) in [5, 5.41) is 0.977. The normalized spacial score (nSPS) is 10.0. The van der Waals surface area contributed by atoms with Crippen molar-refractivity contribution in [3.8, 4) is 11.8 Å². The number of nitrogens with zero attached hydrogens (tertiary/aromatic N) is 2. The van der Waals surface area contributed by atoms with E-state index in [0.717, 1.165) is 34.0 Å². The number of aromatic nitrogens is 1. The molecule has 0 radical (unpaired) electrons. The fourth-order valence-electron chi connectivity index (χ4n) is 2.27. The standard InChI is InChI=1S/C20H16N2O/c1-22(2)19-10-5-15(6-11-19)3-4-16-7-12-20-17(13-16)8-9-18(14-23)21-20/h5-14H,1-2H3. The lowest BCUT2D eigenvalue weighted by atomic mass is 10.1. The number of anilines is 1. The van der Waals surface area contributed by atoms with Gasteiger partial charge in [0.2, 0.25) is 0 Å². The van der Waals surface area contributed by atoms with Crippen LogP contribution in [0.1, 0.15) is 21.6 Å². The van der Waals surface area contributed by atoms with Gasteiger partial charge in [-0.2, -0.15) is 0 Å². The molecule has 0 aliphatic heterocycles. The molecule has 0 unspecified atom stereocenters. The van der Waals surface area contributed by atoms with Crippen LogP contribution in [0.15, 0.2) is 54.6 Å². The Morgan fingerprint density at radius 1 is 0.913 bits per heavy atom. The van der Waals surface area contributed by atoms with E-state index >= 15 is 0 Å². The average molecular weight is 300 g/mol. The van der Waals surface area contributed by atoms with Crippen LogP contribution in [-0.2, 0) is 0 Å². The number of benzene rings is 2. The molecule has 112 valence electrons. The summed E-state index contributed by atoms with van der Waals surface area (Å²) in [6.45, 7) is 0. The van der Waals surface area contributed by atoms with Crippen molar-refractivity contribution in [1.29, 1.82) is 0 Å². The molecule has 0 saturated heterocycles. The minimum atomic E-state index is 0.442. The Bertz CT molecular complexity index is 916. The number of pyridine rings is 1. The summed E-state index contributed by atoms with van der Waals surface area (Å²) >= 11 is 0. The van der Waals surface area contributed by atoms with E-state index in [9.17, 15) is 4.79 Å². The molecule has 0 fully saturated rings. The van der Waals surface area contributed by atoms with Crippen molar-refractivity contribution in [2.45, 2.75) is 0 Å². The number of rotatable bonds is 2. The SMILES string of the molecule is CN(C)c1ccc(C#Cc2ccc3nc(C=O)ccc3c2)cc1. The number of fused-ring (bicyclic) bond motifs is 1. The summed E-state index contributed by atoms with van der Waals surface area (Å²) in [7, 11) is 4.03. The molecule has 0 aliphatic carbocycles. The molecule has 0 bridgehead atoms. The zero-order valence-corrected chi connectivity index (χ0v) is 13.1. The van der Waals surface area contributed by atoms with E-state index in [-0.39, 0.29) is 0 Å². The smallest absolute Gasteiger partial charge is 0.168 e. The van der Waals surface area contributed by atoms with Gasteiger partial charge in [0, 0.05) is 36.3 Å². The molecular formula is C20H16N2O. The zero-order valence-electron chi connectivity index (χ0n) is 13.1. The maximum Gasteiger partial charge on any atom is 0.168 e. The molecule has 1 heterocycles. The van der Waals surface area contributed by atoms with Crippen molar-refractivity contribution < 1.29 is 4.79 Å². The van der Waals surface area contributed by atoms with Crippen molar-refractivity contribution in [2.24, 2.45) is 0 Å². The van der Waals surface area contributed by atoms with Gasteiger partial charge in [0.05, 0.1) is 5.52 Å². The van der Waals surface area contributed by atoms with E-state index in [1.54, 1.807) is 6.07 Å². The molecule has 2 aromatic carbocycles. The maximum atomic E-state index is 10.8. The van der Waals surface area contributed by atoms with E-state index in [1.807, 2.05) is 50.5 Å². The second kappa shape index (κ2) is 6.33. The summed E-state index contributed by atoms with van der Waals surface area (Å²) in [6.07, 6.45) is 0.755. The van der Waals surface area contributed by atoms with Gasteiger partial charge >= 0.3 is 0 Å². The van der Waals surface area contributed by atoms with Gasteiger partial charge in [0.1, 0.15) is 5.69 Å². The van der Waals surface area contributed by atoms with E-state index in [1.165, 1.54) is 0 Å². The number of carbonyl (C=O) groups is 1. The van der Waals surface area contributed by atoms with Crippen molar-refractivity contribution in [3.05, 3.63) is 71.4 Å². The van der Waals surface area contributed by atoms with Crippen molar-refractivity contribution in [3.63, 3.8) is 0 Å². The van der Waals surface area contributed by atoms with Crippen LogP contribution in [0.3, 0.4) is 0 Å². The van der Waals surface area contributed by atoms with Crippen molar-refractivity contribution in [2.75, 3.05) is 19.0 Å². The van der Waals surface area contributed by atoms with Gasteiger partial charge in [-0.25, -0.2) is 4.98 Å². The molecule has 3 nitrogen and oxygen atoms in total. The molecule has 0 spiro atoms. The number of aldehydes is 1. The molecule has 0 N–H and O–H groups in total. The topological polar surface area (TPSA) is 33.2 Å². The van der Waals surface area contributed by atoms with Crippen LogP contribution in [0.4, 0.5) is 5.69 Å². The Kier molecular flexibility index (Phi) is 4.07. The predicted molar refractivity (Wildman–Crippen MR) is 93.9 cm³/mol. The molecule has 3 rings (SSSR count). The first-order valence-electron chi connectivity index (χ1n) is 7.31. The van der Waals surface area contributed by atoms with Crippen LogP contribution in [0, 0.1) is 11.8 Å². The Hall–Kier alpha value is -3.12. The van der Waals surface area contributed by atoms with Crippen LogP contribution in [0.5, 0.6) is 0 Å². The molecule has 3 heteroatoms. The minimum Gasteiger partial charge on any atom is -0.378 e. The van der Waals surface area contributed by atoms with Crippen molar-refractivity contribution in [1.82, 2.24) is 4.98 Å². The molecule has 0 aliphatic rings. The summed E-state index contributed by atoms with van der Waals surface area (Å²) < 4.78 is 0. The summed E-state index contributed by atoms with van der Waals surface area (Å²) in [5.74, 6) is 6.34. The second-order valence-corrected chi connectivity index (χ2v) is 5.45. The molecule has 0 amide bonds. The third kappa shape index (κ3) is 3.38. The van der Waals surface area contributed by atoms with Crippen LogP contribution in [0.25, 0.3) is 10.9 Å². The molecular weight excluding hydrogens is 284 g/mol. The van der Waals surface area contributed by atoms with E-state index in [2.05, 4.69) is 33.9 Å². The third-order valence-electron chi connectivity index (χ3n) is 3.57. The van der Waals surface area contributed by atoms with E-state index < -0.39 is 0 Å². The fraction of sp³-hybridized carbons (Fsp3) is 0.100. The van der Waals surface area contributed by atoms with E-state index in [4.69, 9.17) is 0 Å². The van der Waals surface area contributed by atoms with E-state index in [0.29, 0.717) is 5.69 Å². The van der Waals surface area contributed by atoms with Gasteiger partial charge in [-0.3, -0.25) is 4.79 Å². The Labute approximate surface area is 135 Å². The van der Waals surface area contributed by atoms with Crippen LogP contribution < -0.4 is 4.90 Å². The Morgan fingerprint density at radius 3 is 2.30 bits per heavy atom.